The molecule has 1 aromatic carbocycles. The molecule has 0 spiro atoms. The van der Waals surface area contributed by atoms with Gasteiger partial charge >= 0.3 is 0 Å². The van der Waals surface area contributed by atoms with Crippen molar-refractivity contribution in [3.8, 4) is 16.3 Å². The van der Waals surface area contributed by atoms with Crippen LogP contribution in [0.4, 0.5) is 5.82 Å². The third-order valence-corrected chi connectivity index (χ3v) is 3.37. The van der Waals surface area contributed by atoms with Gasteiger partial charge in [0.15, 0.2) is 0 Å². The Balaban J connectivity index is 2.04. The van der Waals surface area contributed by atoms with Crippen molar-refractivity contribution in [3.63, 3.8) is 0 Å². The van der Waals surface area contributed by atoms with Gasteiger partial charge in [0.1, 0.15) is 16.6 Å². The number of anilines is 1. The molecule has 3 rings (SSSR count). The minimum absolute atomic E-state index is 0.491. The van der Waals surface area contributed by atoms with Crippen LogP contribution in [0.5, 0.6) is 5.75 Å². The number of nitrogens with zero attached hydrogens (tertiary/aromatic N) is 3. The Bertz CT molecular complexity index is 624. The summed E-state index contributed by atoms with van der Waals surface area (Å²) in [6.07, 6.45) is 1.71. The number of methoxy groups -OCH3 is 1. The first kappa shape index (κ1) is 10.1. The van der Waals surface area contributed by atoms with Crippen molar-refractivity contribution in [2.24, 2.45) is 0 Å². The van der Waals surface area contributed by atoms with Crippen LogP contribution in [-0.4, -0.2) is 21.7 Å². The van der Waals surface area contributed by atoms with E-state index in [1.165, 1.54) is 11.3 Å². The maximum atomic E-state index is 5.58. The van der Waals surface area contributed by atoms with Crippen LogP contribution in [0.25, 0.3) is 15.5 Å². The van der Waals surface area contributed by atoms with Crippen LogP contribution in [-0.2, 0) is 0 Å². The Hall–Kier alpha value is -2.08. The summed E-state index contributed by atoms with van der Waals surface area (Å²) in [6.45, 7) is 0. The fourth-order valence-corrected chi connectivity index (χ4v) is 2.46. The van der Waals surface area contributed by atoms with E-state index >= 15 is 0 Å². The molecule has 0 amide bonds. The number of imidazole rings is 1. The fourth-order valence-electron chi connectivity index (χ4n) is 1.57. The fraction of sp³-hybridized carbons (Fsp3) is 0.0909. The lowest BCUT2D eigenvalue weighted by Crippen LogP contribution is -1.85. The van der Waals surface area contributed by atoms with Crippen LogP contribution in [0.1, 0.15) is 0 Å². The van der Waals surface area contributed by atoms with Gasteiger partial charge in [0, 0.05) is 5.56 Å². The lowest BCUT2D eigenvalue weighted by atomic mass is 10.2. The van der Waals surface area contributed by atoms with E-state index in [-0.39, 0.29) is 0 Å². The molecule has 17 heavy (non-hydrogen) atoms. The quantitative estimate of drug-likeness (QED) is 0.751. The average Bonchev–Trinajstić information content (AvgIpc) is 2.86. The zero-order chi connectivity index (χ0) is 11.8. The number of nitrogens with two attached hydrogens (primary N) is 1. The summed E-state index contributed by atoms with van der Waals surface area (Å²) in [5.41, 5.74) is 6.62. The Morgan fingerprint density at radius 3 is 2.71 bits per heavy atom. The Labute approximate surface area is 101 Å². The molecule has 0 aliphatic heterocycles. The molecule has 0 radical (unpaired) electrons. The maximum absolute atomic E-state index is 5.58. The Kier molecular flexibility index (Phi) is 2.22. The zero-order valence-electron chi connectivity index (χ0n) is 9.12. The Morgan fingerprint density at radius 2 is 2.06 bits per heavy atom. The molecule has 0 unspecified atom stereocenters. The SMILES string of the molecule is COc1ccc(-c2nn3cc(N)nc3s2)cc1. The third kappa shape index (κ3) is 1.72. The third-order valence-electron chi connectivity index (χ3n) is 2.40. The first-order valence-corrected chi connectivity index (χ1v) is 5.84. The van der Waals surface area contributed by atoms with Gasteiger partial charge in [0.05, 0.1) is 13.3 Å². The first-order valence-electron chi connectivity index (χ1n) is 5.02. The van der Waals surface area contributed by atoms with E-state index in [1.807, 2.05) is 24.3 Å². The van der Waals surface area contributed by atoms with Crippen LogP contribution < -0.4 is 10.5 Å². The monoisotopic (exact) mass is 246 g/mol. The highest BCUT2D eigenvalue weighted by Crippen LogP contribution is 2.27. The van der Waals surface area contributed by atoms with Gasteiger partial charge in [-0.2, -0.15) is 5.10 Å². The standard InChI is InChI=1S/C11H10N4OS/c1-16-8-4-2-7(3-5-8)10-14-15-6-9(12)13-11(15)17-10/h2-6H,12H2,1H3. The van der Waals surface area contributed by atoms with Gasteiger partial charge in [-0.15, -0.1) is 0 Å². The molecule has 0 bridgehead atoms. The van der Waals surface area contributed by atoms with Gasteiger partial charge in [-0.1, -0.05) is 11.3 Å². The first-order chi connectivity index (χ1) is 8.26. The number of aromatic nitrogens is 3. The molecule has 2 heterocycles. The van der Waals surface area contributed by atoms with E-state index in [0.717, 1.165) is 21.3 Å². The molecule has 0 aliphatic carbocycles. The zero-order valence-corrected chi connectivity index (χ0v) is 9.94. The van der Waals surface area contributed by atoms with Crippen molar-refractivity contribution < 1.29 is 4.74 Å². The highest BCUT2D eigenvalue weighted by atomic mass is 32.1. The van der Waals surface area contributed by atoms with Gasteiger partial charge in [-0.05, 0) is 24.3 Å². The number of hydrogen-bond acceptors (Lipinski definition) is 5. The molecule has 0 saturated heterocycles. The topological polar surface area (TPSA) is 65.4 Å². The summed E-state index contributed by atoms with van der Waals surface area (Å²) in [6, 6.07) is 7.77. The summed E-state index contributed by atoms with van der Waals surface area (Å²) in [4.78, 5) is 4.96. The van der Waals surface area contributed by atoms with E-state index < -0.39 is 0 Å². The Morgan fingerprint density at radius 1 is 1.29 bits per heavy atom. The van der Waals surface area contributed by atoms with Gasteiger partial charge in [-0.25, -0.2) is 9.50 Å². The molecule has 86 valence electrons. The van der Waals surface area contributed by atoms with Crippen molar-refractivity contribution in [1.29, 1.82) is 0 Å². The number of rotatable bonds is 2. The molecule has 0 fully saturated rings. The molecule has 0 aliphatic rings. The van der Waals surface area contributed by atoms with E-state index in [1.54, 1.807) is 17.8 Å². The van der Waals surface area contributed by atoms with Crippen LogP contribution in [0.15, 0.2) is 30.5 Å². The lowest BCUT2D eigenvalue weighted by Gasteiger charge is -1.99. The summed E-state index contributed by atoms with van der Waals surface area (Å²) in [7, 11) is 1.65. The number of hydrogen-bond donors (Lipinski definition) is 1. The van der Waals surface area contributed by atoms with Crippen LogP contribution >= 0.6 is 11.3 Å². The normalized spacial score (nSPS) is 10.9. The lowest BCUT2D eigenvalue weighted by molar-refractivity contribution is 0.415. The van der Waals surface area contributed by atoms with Crippen molar-refractivity contribution in [2.75, 3.05) is 12.8 Å². The summed E-state index contributed by atoms with van der Waals surface area (Å²) < 4.78 is 6.81. The largest absolute Gasteiger partial charge is 0.497 e. The molecular formula is C11H10N4OS. The van der Waals surface area contributed by atoms with Gasteiger partial charge < -0.3 is 10.5 Å². The second-order valence-corrected chi connectivity index (χ2v) is 4.48. The van der Waals surface area contributed by atoms with Gasteiger partial charge in [0.2, 0.25) is 4.96 Å². The van der Waals surface area contributed by atoms with Crippen molar-refractivity contribution in [1.82, 2.24) is 14.6 Å². The predicted octanol–water partition coefficient (Wildman–Crippen LogP) is 2.05. The number of nitrogen functional groups attached to an aromatic ring is 1. The van der Waals surface area contributed by atoms with E-state index in [4.69, 9.17) is 10.5 Å². The van der Waals surface area contributed by atoms with E-state index in [2.05, 4.69) is 10.1 Å². The molecule has 0 atom stereocenters. The minimum Gasteiger partial charge on any atom is -0.497 e. The highest BCUT2D eigenvalue weighted by molar-refractivity contribution is 7.19. The molecule has 5 nitrogen and oxygen atoms in total. The number of ether oxygens (including phenoxy) is 1. The maximum Gasteiger partial charge on any atom is 0.214 e. The molecule has 2 N–H and O–H groups in total. The molecule has 2 aromatic heterocycles. The number of benzene rings is 1. The van der Waals surface area contributed by atoms with E-state index in [0.29, 0.717) is 5.82 Å². The van der Waals surface area contributed by atoms with Crippen LogP contribution in [0.2, 0.25) is 0 Å². The van der Waals surface area contributed by atoms with Crippen molar-refractivity contribution >= 4 is 22.1 Å². The van der Waals surface area contributed by atoms with Crippen molar-refractivity contribution in [3.05, 3.63) is 30.5 Å². The van der Waals surface area contributed by atoms with Crippen molar-refractivity contribution in [2.45, 2.75) is 0 Å². The summed E-state index contributed by atoms with van der Waals surface area (Å²) >= 11 is 1.50. The second-order valence-electron chi connectivity index (χ2n) is 3.53. The van der Waals surface area contributed by atoms with E-state index in [9.17, 15) is 0 Å². The molecular weight excluding hydrogens is 236 g/mol. The summed E-state index contributed by atoms with van der Waals surface area (Å²) in [5.74, 6) is 1.32. The van der Waals surface area contributed by atoms with Gasteiger partial charge in [-0.3, -0.25) is 0 Å². The van der Waals surface area contributed by atoms with Crippen LogP contribution in [0.3, 0.4) is 0 Å². The predicted molar refractivity (Wildman–Crippen MR) is 67.3 cm³/mol. The summed E-state index contributed by atoms with van der Waals surface area (Å²) in [5, 5.41) is 5.32. The number of fused-ring (bicyclic) bond motifs is 1. The van der Waals surface area contributed by atoms with Crippen LogP contribution in [0, 0.1) is 0 Å². The van der Waals surface area contributed by atoms with Gasteiger partial charge in [0.25, 0.3) is 0 Å². The highest BCUT2D eigenvalue weighted by Gasteiger charge is 2.08. The average molecular weight is 246 g/mol. The molecule has 0 saturated carbocycles. The smallest absolute Gasteiger partial charge is 0.214 e. The minimum atomic E-state index is 0.491. The molecule has 6 heteroatoms. The molecule has 3 aromatic rings. The second kappa shape index (κ2) is 3.74.